The standard InChI is InChI=1S/C14H19BrN4/c1-10(2)7-16-8-12-9-19(18-17-12)13-5-4-11(3)14(15)6-13/h4-6,9-10,16H,7-8H2,1-3H3. The zero-order valence-corrected chi connectivity index (χ0v) is 13.1. The first-order valence-electron chi connectivity index (χ1n) is 6.44. The molecule has 0 aliphatic heterocycles. The molecular formula is C14H19BrN4. The minimum Gasteiger partial charge on any atom is -0.311 e. The minimum atomic E-state index is 0.642. The molecule has 4 nitrogen and oxygen atoms in total. The summed E-state index contributed by atoms with van der Waals surface area (Å²) in [5.41, 5.74) is 3.18. The fourth-order valence-corrected chi connectivity index (χ4v) is 2.09. The van der Waals surface area contributed by atoms with Crippen LogP contribution in [0.4, 0.5) is 0 Å². The maximum Gasteiger partial charge on any atom is 0.0969 e. The predicted molar refractivity (Wildman–Crippen MR) is 80.3 cm³/mol. The zero-order chi connectivity index (χ0) is 13.8. The molecule has 2 rings (SSSR count). The number of benzene rings is 1. The molecule has 102 valence electrons. The van der Waals surface area contributed by atoms with Crippen LogP contribution in [0.5, 0.6) is 0 Å². The van der Waals surface area contributed by atoms with Crippen molar-refractivity contribution in [3.8, 4) is 5.69 Å². The molecule has 0 atom stereocenters. The van der Waals surface area contributed by atoms with Gasteiger partial charge >= 0.3 is 0 Å². The molecule has 0 fully saturated rings. The van der Waals surface area contributed by atoms with Gasteiger partial charge in [0.1, 0.15) is 0 Å². The van der Waals surface area contributed by atoms with Gasteiger partial charge < -0.3 is 5.32 Å². The molecule has 1 aromatic carbocycles. The summed E-state index contributed by atoms with van der Waals surface area (Å²) >= 11 is 3.53. The highest BCUT2D eigenvalue weighted by Gasteiger charge is 2.04. The summed E-state index contributed by atoms with van der Waals surface area (Å²) in [5.74, 6) is 0.642. The number of aromatic nitrogens is 3. The molecule has 5 heteroatoms. The van der Waals surface area contributed by atoms with Crippen molar-refractivity contribution >= 4 is 15.9 Å². The van der Waals surface area contributed by atoms with Gasteiger partial charge in [0.15, 0.2) is 0 Å². The monoisotopic (exact) mass is 322 g/mol. The lowest BCUT2D eigenvalue weighted by Gasteiger charge is -2.04. The molecule has 0 bridgehead atoms. The second-order valence-electron chi connectivity index (χ2n) is 5.11. The molecule has 19 heavy (non-hydrogen) atoms. The van der Waals surface area contributed by atoms with Crippen molar-refractivity contribution in [3.63, 3.8) is 0 Å². The van der Waals surface area contributed by atoms with E-state index in [1.807, 2.05) is 12.3 Å². The maximum atomic E-state index is 4.18. The van der Waals surface area contributed by atoms with Crippen LogP contribution in [0.25, 0.3) is 5.69 Å². The second kappa shape index (κ2) is 6.30. The smallest absolute Gasteiger partial charge is 0.0969 e. The Bertz CT molecular complexity index is 548. The summed E-state index contributed by atoms with van der Waals surface area (Å²) < 4.78 is 2.89. The normalized spacial score (nSPS) is 11.2. The van der Waals surface area contributed by atoms with Crippen molar-refractivity contribution in [2.75, 3.05) is 6.54 Å². The molecule has 0 spiro atoms. The van der Waals surface area contributed by atoms with E-state index < -0.39 is 0 Å². The molecule has 1 aromatic heterocycles. The van der Waals surface area contributed by atoms with E-state index >= 15 is 0 Å². The molecule has 0 saturated heterocycles. The lowest BCUT2D eigenvalue weighted by Crippen LogP contribution is -2.19. The molecule has 0 aliphatic rings. The molecule has 0 saturated carbocycles. The van der Waals surface area contributed by atoms with Gasteiger partial charge in [-0.2, -0.15) is 0 Å². The lowest BCUT2D eigenvalue weighted by atomic mass is 10.2. The Morgan fingerprint density at radius 3 is 2.84 bits per heavy atom. The fourth-order valence-electron chi connectivity index (χ4n) is 1.72. The highest BCUT2D eigenvalue weighted by Crippen LogP contribution is 2.19. The number of hydrogen-bond acceptors (Lipinski definition) is 3. The summed E-state index contributed by atoms with van der Waals surface area (Å²) in [6, 6.07) is 6.16. The third-order valence-electron chi connectivity index (χ3n) is 2.82. The van der Waals surface area contributed by atoms with Crippen LogP contribution in [0.2, 0.25) is 0 Å². The molecule has 2 aromatic rings. The number of hydrogen-bond donors (Lipinski definition) is 1. The highest BCUT2D eigenvalue weighted by atomic mass is 79.9. The average molecular weight is 323 g/mol. The van der Waals surface area contributed by atoms with Crippen molar-refractivity contribution in [2.24, 2.45) is 5.92 Å². The topological polar surface area (TPSA) is 42.7 Å². The van der Waals surface area contributed by atoms with Crippen molar-refractivity contribution < 1.29 is 0 Å². The second-order valence-corrected chi connectivity index (χ2v) is 5.97. The first-order chi connectivity index (χ1) is 9.06. The van der Waals surface area contributed by atoms with E-state index in [1.165, 1.54) is 5.56 Å². The van der Waals surface area contributed by atoms with Crippen molar-refractivity contribution in [2.45, 2.75) is 27.3 Å². The lowest BCUT2D eigenvalue weighted by molar-refractivity contribution is 0.548. The van der Waals surface area contributed by atoms with Crippen molar-refractivity contribution in [1.82, 2.24) is 20.3 Å². The molecule has 0 aliphatic carbocycles. The summed E-state index contributed by atoms with van der Waals surface area (Å²) in [7, 11) is 0. The van der Waals surface area contributed by atoms with Crippen LogP contribution in [0.3, 0.4) is 0 Å². The summed E-state index contributed by atoms with van der Waals surface area (Å²) in [5, 5.41) is 11.7. The largest absolute Gasteiger partial charge is 0.311 e. The van der Waals surface area contributed by atoms with E-state index in [0.717, 1.165) is 28.9 Å². The summed E-state index contributed by atoms with van der Waals surface area (Å²) in [6.45, 7) is 8.19. The van der Waals surface area contributed by atoms with Gasteiger partial charge in [0.2, 0.25) is 0 Å². The third kappa shape index (κ3) is 3.88. The van der Waals surface area contributed by atoms with Crippen LogP contribution in [0.1, 0.15) is 25.1 Å². The summed E-state index contributed by atoms with van der Waals surface area (Å²) in [6.07, 6.45) is 1.96. The molecule has 0 unspecified atom stereocenters. The molecular weight excluding hydrogens is 304 g/mol. The quantitative estimate of drug-likeness (QED) is 0.919. The van der Waals surface area contributed by atoms with Crippen LogP contribution in [0.15, 0.2) is 28.9 Å². The first-order valence-corrected chi connectivity index (χ1v) is 7.24. The Kier molecular flexibility index (Phi) is 4.71. The van der Waals surface area contributed by atoms with Crippen molar-refractivity contribution in [1.29, 1.82) is 0 Å². The SMILES string of the molecule is Cc1ccc(-n2cc(CNCC(C)C)nn2)cc1Br. The predicted octanol–water partition coefficient (Wildman–Crippen LogP) is 3.08. The molecule has 1 heterocycles. The Morgan fingerprint density at radius 2 is 2.16 bits per heavy atom. The van der Waals surface area contributed by atoms with E-state index in [-0.39, 0.29) is 0 Å². The van der Waals surface area contributed by atoms with Gasteiger partial charge in [0.25, 0.3) is 0 Å². The van der Waals surface area contributed by atoms with E-state index in [1.54, 1.807) is 4.68 Å². The fraction of sp³-hybridized carbons (Fsp3) is 0.429. The molecule has 1 N–H and O–H groups in total. The van der Waals surface area contributed by atoms with Gasteiger partial charge in [0, 0.05) is 11.0 Å². The van der Waals surface area contributed by atoms with Crippen molar-refractivity contribution in [3.05, 3.63) is 40.1 Å². The highest BCUT2D eigenvalue weighted by molar-refractivity contribution is 9.10. The van der Waals surface area contributed by atoms with E-state index in [2.05, 4.69) is 64.5 Å². The number of nitrogens with one attached hydrogen (secondary N) is 1. The van der Waals surface area contributed by atoms with Crippen LogP contribution in [-0.4, -0.2) is 21.5 Å². The van der Waals surface area contributed by atoms with Crippen LogP contribution >= 0.6 is 15.9 Å². The number of nitrogens with zero attached hydrogens (tertiary/aromatic N) is 3. The van der Waals surface area contributed by atoms with Crippen LogP contribution in [-0.2, 0) is 6.54 Å². The third-order valence-corrected chi connectivity index (χ3v) is 3.67. The van der Waals surface area contributed by atoms with Crippen LogP contribution < -0.4 is 5.32 Å². The van der Waals surface area contributed by atoms with Gasteiger partial charge in [-0.25, -0.2) is 4.68 Å². The molecule has 0 amide bonds. The van der Waals surface area contributed by atoms with Gasteiger partial charge in [0.05, 0.1) is 17.6 Å². The number of halogens is 1. The Morgan fingerprint density at radius 1 is 1.37 bits per heavy atom. The first kappa shape index (κ1) is 14.2. The van der Waals surface area contributed by atoms with Gasteiger partial charge in [-0.05, 0) is 37.1 Å². The van der Waals surface area contributed by atoms with E-state index in [4.69, 9.17) is 0 Å². The Balaban J connectivity index is 2.05. The average Bonchev–Trinajstić information content (AvgIpc) is 2.81. The maximum absolute atomic E-state index is 4.18. The Hall–Kier alpha value is -1.20. The van der Waals surface area contributed by atoms with Gasteiger partial charge in [-0.1, -0.05) is 41.1 Å². The van der Waals surface area contributed by atoms with E-state index in [0.29, 0.717) is 5.92 Å². The van der Waals surface area contributed by atoms with Crippen LogP contribution in [0, 0.1) is 12.8 Å². The van der Waals surface area contributed by atoms with Gasteiger partial charge in [-0.15, -0.1) is 5.10 Å². The Labute approximate surface area is 122 Å². The van der Waals surface area contributed by atoms with E-state index in [9.17, 15) is 0 Å². The zero-order valence-electron chi connectivity index (χ0n) is 11.5. The number of aryl methyl sites for hydroxylation is 1. The number of rotatable bonds is 5. The minimum absolute atomic E-state index is 0.642. The molecule has 0 radical (unpaired) electrons. The van der Waals surface area contributed by atoms with Gasteiger partial charge in [-0.3, -0.25) is 0 Å². The summed E-state index contributed by atoms with van der Waals surface area (Å²) in [4.78, 5) is 0.